The smallest absolute Gasteiger partial charge is 0.233 e. The Labute approximate surface area is 96.8 Å². The Hall–Kier alpha value is -1.41. The van der Waals surface area contributed by atoms with E-state index in [2.05, 4.69) is 26.5 Å². The molecule has 0 saturated carbocycles. The number of hydrogen-bond acceptors (Lipinski definition) is 1. The molecule has 0 saturated heterocycles. The fourth-order valence-corrected chi connectivity index (χ4v) is 2.71. The Morgan fingerprint density at radius 2 is 2.00 bits per heavy atom. The molecule has 2 heteroatoms. The van der Waals surface area contributed by atoms with Crippen molar-refractivity contribution in [3.63, 3.8) is 0 Å². The van der Waals surface area contributed by atoms with Crippen LogP contribution in [-0.4, -0.2) is 13.0 Å². The molecule has 2 rings (SSSR count). The molecule has 1 aromatic carbocycles. The minimum absolute atomic E-state index is 0.131. The van der Waals surface area contributed by atoms with Gasteiger partial charge >= 0.3 is 6.41 Å². The molecule has 1 aliphatic heterocycles. The number of para-hydroxylation sites is 1. The van der Waals surface area contributed by atoms with Crippen LogP contribution in [0.5, 0.6) is 0 Å². The Morgan fingerprint density at radius 1 is 1.38 bits per heavy atom. The van der Waals surface area contributed by atoms with E-state index in [0.29, 0.717) is 0 Å². The molecule has 84 valence electrons. The maximum atomic E-state index is 11.5. The molecule has 0 aromatic heterocycles. The first kappa shape index (κ1) is 11.1. The second kappa shape index (κ2) is 3.29. The van der Waals surface area contributed by atoms with Gasteiger partial charge in [0, 0.05) is 11.6 Å². The Bertz CT molecular complexity index is 462. The number of nitrogens with zero attached hydrogens (tertiary/aromatic N) is 1. The van der Waals surface area contributed by atoms with Crippen LogP contribution in [0.4, 0.5) is 5.69 Å². The lowest BCUT2D eigenvalue weighted by Crippen LogP contribution is -2.46. The minimum Gasteiger partial charge on any atom is -0.233 e. The van der Waals surface area contributed by atoms with Crippen LogP contribution in [0.25, 0.3) is 0 Å². The van der Waals surface area contributed by atoms with Gasteiger partial charge in [-0.2, -0.15) is 0 Å². The molecular weight excluding hydrogens is 198 g/mol. The highest BCUT2D eigenvalue weighted by Crippen LogP contribution is 2.50. The lowest BCUT2D eigenvalue weighted by Gasteiger charge is -2.29. The van der Waals surface area contributed by atoms with Crippen molar-refractivity contribution in [2.75, 3.05) is 6.54 Å². The molecular formula is C14H18NO+. The zero-order valence-electron chi connectivity index (χ0n) is 10.2. The summed E-state index contributed by atoms with van der Waals surface area (Å²) in [5.41, 5.74) is 3.13. The predicted molar refractivity (Wildman–Crippen MR) is 67.0 cm³/mol. The maximum absolute atomic E-state index is 11.5. The van der Waals surface area contributed by atoms with E-state index in [4.69, 9.17) is 0 Å². The summed E-state index contributed by atoms with van der Waals surface area (Å²) in [5.74, 6) is 0. The zero-order chi connectivity index (χ0) is 12.0. The van der Waals surface area contributed by atoms with E-state index in [1.165, 1.54) is 5.56 Å². The fraction of sp³-hybridized carbons (Fsp3) is 0.357. The average molecular weight is 216 g/mol. The van der Waals surface area contributed by atoms with E-state index in [0.717, 1.165) is 24.3 Å². The molecule has 1 unspecified atom stereocenters. The molecule has 1 heterocycles. The van der Waals surface area contributed by atoms with Crippen molar-refractivity contribution in [2.45, 2.75) is 26.2 Å². The second-order valence-corrected chi connectivity index (χ2v) is 4.88. The van der Waals surface area contributed by atoms with Gasteiger partial charge in [-0.25, -0.2) is 9.28 Å². The summed E-state index contributed by atoms with van der Waals surface area (Å²) in [5, 5.41) is 0. The van der Waals surface area contributed by atoms with E-state index >= 15 is 0 Å². The van der Waals surface area contributed by atoms with Crippen LogP contribution >= 0.6 is 0 Å². The Morgan fingerprint density at radius 3 is 2.56 bits per heavy atom. The van der Waals surface area contributed by atoms with Crippen molar-refractivity contribution < 1.29 is 4.79 Å². The SMILES string of the molecule is C=C1C(C)(C)c2ccccc2[N+]1(C=O)CC. The third kappa shape index (κ3) is 1.08. The first-order valence-corrected chi connectivity index (χ1v) is 5.65. The standard InChI is InChI=1S/C14H18NO/c1-5-15(10-16)11(2)14(3,4)12-8-6-7-9-13(12)15/h6-10H,2,5H2,1,3-4H3/q+1. The maximum Gasteiger partial charge on any atom is 0.311 e. The number of amides is 1. The predicted octanol–water partition coefficient (Wildman–Crippen LogP) is 2.98. The Balaban J connectivity index is 2.78. The summed E-state index contributed by atoms with van der Waals surface area (Å²) in [6, 6.07) is 8.14. The molecule has 16 heavy (non-hydrogen) atoms. The number of likely N-dealkylation sites (N-methyl/N-ethyl adjacent to an activating group) is 1. The largest absolute Gasteiger partial charge is 0.311 e. The third-order valence-electron chi connectivity index (χ3n) is 3.89. The molecule has 0 aliphatic carbocycles. The Kier molecular flexibility index (Phi) is 2.28. The average Bonchev–Trinajstić information content (AvgIpc) is 2.47. The van der Waals surface area contributed by atoms with Crippen molar-refractivity contribution in [3.05, 3.63) is 42.1 Å². The first-order chi connectivity index (χ1) is 7.50. The van der Waals surface area contributed by atoms with Gasteiger partial charge in [0.15, 0.2) is 0 Å². The van der Waals surface area contributed by atoms with Crippen LogP contribution in [0, 0.1) is 0 Å². The van der Waals surface area contributed by atoms with Crippen LogP contribution in [-0.2, 0) is 10.2 Å². The number of carbonyl (C=O) groups excluding carboxylic acids is 1. The molecule has 1 atom stereocenters. The summed E-state index contributed by atoms with van der Waals surface area (Å²) in [6.07, 6.45) is 1.01. The minimum atomic E-state index is -0.131. The van der Waals surface area contributed by atoms with E-state index in [1.807, 2.05) is 25.1 Å². The van der Waals surface area contributed by atoms with E-state index < -0.39 is 0 Å². The van der Waals surface area contributed by atoms with Gasteiger partial charge in [-0.3, -0.25) is 0 Å². The van der Waals surface area contributed by atoms with E-state index in [1.54, 1.807) is 0 Å². The summed E-state index contributed by atoms with van der Waals surface area (Å²) < 4.78 is 0.267. The van der Waals surface area contributed by atoms with Crippen molar-refractivity contribution in [2.24, 2.45) is 0 Å². The summed E-state index contributed by atoms with van der Waals surface area (Å²) in [4.78, 5) is 11.5. The molecule has 1 aromatic rings. The molecule has 0 N–H and O–H groups in total. The lowest BCUT2D eigenvalue weighted by molar-refractivity contribution is -0.115. The van der Waals surface area contributed by atoms with Crippen molar-refractivity contribution in [1.82, 2.24) is 4.48 Å². The van der Waals surface area contributed by atoms with Gasteiger partial charge in [0.05, 0.1) is 12.0 Å². The van der Waals surface area contributed by atoms with Gasteiger partial charge in [0.1, 0.15) is 11.4 Å². The number of benzene rings is 1. The number of fused-ring (bicyclic) bond motifs is 1. The normalized spacial score (nSPS) is 26.6. The lowest BCUT2D eigenvalue weighted by atomic mass is 9.84. The fourth-order valence-electron chi connectivity index (χ4n) is 2.71. The van der Waals surface area contributed by atoms with Crippen LogP contribution in [0.2, 0.25) is 0 Å². The van der Waals surface area contributed by atoms with Crippen LogP contribution in [0.3, 0.4) is 0 Å². The monoisotopic (exact) mass is 216 g/mol. The van der Waals surface area contributed by atoms with Crippen LogP contribution in [0.15, 0.2) is 36.5 Å². The molecule has 0 fully saturated rings. The summed E-state index contributed by atoms with van der Waals surface area (Å²) in [6.45, 7) is 11.2. The number of hydrogen-bond donors (Lipinski definition) is 0. The molecule has 0 bridgehead atoms. The molecule has 0 radical (unpaired) electrons. The highest BCUT2D eigenvalue weighted by atomic mass is 16.1. The van der Waals surface area contributed by atoms with Gasteiger partial charge < -0.3 is 0 Å². The third-order valence-corrected chi connectivity index (χ3v) is 3.89. The molecule has 2 nitrogen and oxygen atoms in total. The van der Waals surface area contributed by atoms with Gasteiger partial charge in [-0.05, 0) is 27.4 Å². The molecule has 1 amide bonds. The zero-order valence-corrected chi connectivity index (χ0v) is 10.2. The van der Waals surface area contributed by atoms with E-state index in [9.17, 15) is 4.79 Å². The van der Waals surface area contributed by atoms with Crippen molar-refractivity contribution in [1.29, 1.82) is 0 Å². The number of allylic oxidation sites excluding steroid dienone is 1. The first-order valence-electron chi connectivity index (χ1n) is 5.65. The number of quaternary nitrogens is 1. The van der Waals surface area contributed by atoms with Gasteiger partial charge in [-0.15, -0.1) is 0 Å². The molecule has 0 spiro atoms. The van der Waals surface area contributed by atoms with Crippen LogP contribution < -0.4 is 4.48 Å². The highest BCUT2D eigenvalue weighted by molar-refractivity contribution is 5.81. The van der Waals surface area contributed by atoms with Crippen molar-refractivity contribution >= 4 is 12.1 Å². The van der Waals surface area contributed by atoms with Gasteiger partial charge in [-0.1, -0.05) is 18.2 Å². The number of carbonyl (C=O) groups is 1. The van der Waals surface area contributed by atoms with Crippen LogP contribution in [0.1, 0.15) is 26.3 Å². The summed E-state index contributed by atoms with van der Waals surface area (Å²) in [7, 11) is 0. The highest BCUT2D eigenvalue weighted by Gasteiger charge is 2.52. The van der Waals surface area contributed by atoms with Gasteiger partial charge in [0.2, 0.25) is 0 Å². The quantitative estimate of drug-likeness (QED) is 0.548. The second-order valence-electron chi connectivity index (χ2n) is 4.88. The number of rotatable bonds is 2. The topological polar surface area (TPSA) is 17.1 Å². The van der Waals surface area contributed by atoms with Crippen molar-refractivity contribution in [3.8, 4) is 0 Å². The van der Waals surface area contributed by atoms with Gasteiger partial charge in [0.25, 0.3) is 0 Å². The molecule has 1 aliphatic rings. The van der Waals surface area contributed by atoms with E-state index in [-0.39, 0.29) is 9.90 Å². The summed E-state index contributed by atoms with van der Waals surface area (Å²) >= 11 is 0.